The first-order valence-corrected chi connectivity index (χ1v) is 11.7. The zero-order chi connectivity index (χ0) is 23.0. The highest BCUT2D eigenvalue weighted by molar-refractivity contribution is 5.95. The van der Waals surface area contributed by atoms with Crippen molar-refractivity contribution in [3.63, 3.8) is 0 Å². The van der Waals surface area contributed by atoms with Crippen LogP contribution in [0.1, 0.15) is 72.1 Å². The Morgan fingerprint density at radius 3 is 2.35 bits per heavy atom. The SMILES string of the molecule is C[C@H](O)CC[C@H](O)[C@]1(O)CC[C@@]2(O)C3=CC(=O)[C@@H]4C[C@H](O)[C@@H](O)C[C@]4(C)[C@H]3CC[C@@]21C. The molecule has 10 atom stereocenters. The number of carbonyl (C=O) groups is 1. The highest BCUT2D eigenvalue weighted by Crippen LogP contribution is 2.68. The zero-order valence-electron chi connectivity index (χ0n) is 18.8. The van der Waals surface area contributed by atoms with Crippen molar-refractivity contribution in [1.82, 2.24) is 0 Å². The number of ketones is 1. The number of carbonyl (C=O) groups excluding carboxylic acids is 1. The Bertz CT molecular complexity index is 780. The Labute approximate surface area is 183 Å². The molecule has 0 aromatic carbocycles. The first kappa shape index (κ1) is 23.3. The lowest BCUT2D eigenvalue weighted by Crippen LogP contribution is -2.65. The highest BCUT2D eigenvalue weighted by Gasteiger charge is 2.72. The summed E-state index contributed by atoms with van der Waals surface area (Å²) < 4.78 is 0. The van der Waals surface area contributed by atoms with Crippen LogP contribution in [0.4, 0.5) is 0 Å². The van der Waals surface area contributed by atoms with Gasteiger partial charge in [0, 0.05) is 11.3 Å². The maximum Gasteiger partial charge on any atom is 0.159 e. The molecule has 0 spiro atoms. The van der Waals surface area contributed by atoms with Gasteiger partial charge in [-0.2, -0.15) is 0 Å². The lowest BCUT2D eigenvalue weighted by atomic mass is 9.45. The molecule has 0 unspecified atom stereocenters. The summed E-state index contributed by atoms with van der Waals surface area (Å²) in [5.41, 5.74) is -3.93. The Morgan fingerprint density at radius 1 is 1.03 bits per heavy atom. The van der Waals surface area contributed by atoms with E-state index in [0.29, 0.717) is 31.3 Å². The van der Waals surface area contributed by atoms with Gasteiger partial charge in [-0.15, -0.1) is 0 Å². The second-order valence-electron chi connectivity index (χ2n) is 11.3. The number of hydrogen-bond acceptors (Lipinski definition) is 7. The van der Waals surface area contributed by atoms with Gasteiger partial charge in [-0.25, -0.2) is 0 Å². The third kappa shape index (κ3) is 3.04. The standard InChI is InChI=1S/C24H38O7/c1-13(25)4-5-20(29)24(31)9-8-23(30)15-10-17(26)16-11-18(27)19(28)12-21(16,2)14(15)6-7-22(23,24)3/h10,13-14,16,18-20,25,27-31H,4-9,11-12H2,1-3H3/t13-,14-,16-,18-,19-,20-,21+,22-,23+,24+/m0/s1. The molecule has 3 fully saturated rings. The van der Waals surface area contributed by atoms with Crippen LogP contribution in [0.3, 0.4) is 0 Å². The van der Waals surface area contributed by atoms with Crippen LogP contribution in [-0.2, 0) is 4.79 Å². The Hall–Kier alpha value is -0.830. The second kappa shape index (κ2) is 7.34. The molecule has 4 aliphatic carbocycles. The molecule has 4 aliphatic rings. The van der Waals surface area contributed by atoms with E-state index in [0.717, 1.165) is 0 Å². The fourth-order valence-electron chi connectivity index (χ4n) is 7.60. The molecule has 3 saturated carbocycles. The van der Waals surface area contributed by atoms with Crippen molar-refractivity contribution < 1.29 is 35.4 Å². The first-order valence-electron chi connectivity index (χ1n) is 11.7. The monoisotopic (exact) mass is 438 g/mol. The van der Waals surface area contributed by atoms with Crippen molar-refractivity contribution in [2.45, 2.75) is 108 Å². The van der Waals surface area contributed by atoms with E-state index in [1.165, 1.54) is 6.08 Å². The molecule has 0 radical (unpaired) electrons. The zero-order valence-corrected chi connectivity index (χ0v) is 18.8. The summed E-state index contributed by atoms with van der Waals surface area (Å²) in [6, 6.07) is 0. The molecule has 0 saturated heterocycles. The van der Waals surface area contributed by atoms with E-state index in [9.17, 15) is 35.4 Å². The van der Waals surface area contributed by atoms with Gasteiger partial charge >= 0.3 is 0 Å². The molecule has 0 aliphatic heterocycles. The summed E-state index contributed by atoms with van der Waals surface area (Å²) >= 11 is 0. The van der Waals surface area contributed by atoms with Gasteiger partial charge in [-0.1, -0.05) is 13.8 Å². The molecule has 0 heterocycles. The van der Waals surface area contributed by atoms with Crippen LogP contribution in [0.2, 0.25) is 0 Å². The van der Waals surface area contributed by atoms with Crippen LogP contribution in [0.15, 0.2) is 11.6 Å². The average Bonchev–Trinajstić information content (AvgIpc) is 2.91. The van der Waals surface area contributed by atoms with Crippen LogP contribution in [0, 0.1) is 22.7 Å². The molecule has 31 heavy (non-hydrogen) atoms. The summed E-state index contributed by atoms with van der Waals surface area (Å²) in [5.74, 6) is -0.667. The van der Waals surface area contributed by atoms with E-state index in [2.05, 4.69) is 0 Å². The van der Waals surface area contributed by atoms with E-state index in [1.54, 1.807) is 13.8 Å². The van der Waals surface area contributed by atoms with Crippen molar-refractivity contribution in [1.29, 1.82) is 0 Å². The normalized spacial score (nSPS) is 51.4. The number of allylic oxidation sites excluding steroid dienone is 1. The predicted molar refractivity (Wildman–Crippen MR) is 113 cm³/mol. The van der Waals surface area contributed by atoms with Crippen LogP contribution >= 0.6 is 0 Å². The summed E-state index contributed by atoms with van der Waals surface area (Å²) in [4.78, 5) is 13.1. The summed E-state index contributed by atoms with van der Waals surface area (Å²) in [6.07, 6.45) is 0.664. The van der Waals surface area contributed by atoms with Gasteiger partial charge in [0.05, 0.1) is 35.6 Å². The van der Waals surface area contributed by atoms with Crippen molar-refractivity contribution in [2.75, 3.05) is 0 Å². The predicted octanol–water partition coefficient (Wildman–Crippen LogP) is 0.828. The molecule has 4 rings (SSSR count). The summed E-state index contributed by atoms with van der Waals surface area (Å²) in [5, 5.41) is 64.7. The molecule has 0 aromatic rings. The van der Waals surface area contributed by atoms with Crippen molar-refractivity contribution in [2.24, 2.45) is 22.7 Å². The smallest absolute Gasteiger partial charge is 0.159 e. The molecule has 6 N–H and O–H groups in total. The summed E-state index contributed by atoms with van der Waals surface area (Å²) in [6.45, 7) is 5.42. The minimum atomic E-state index is -1.52. The first-order chi connectivity index (χ1) is 14.3. The minimum absolute atomic E-state index is 0.132. The topological polar surface area (TPSA) is 138 Å². The van der Waals surface area contributed by atoms with Gasteiger partial charge in [0.1, 0.15) is 0 Å². The fraction of sp³-hybridized carbons (Fsp3) is 0.875. The van der Waals surface area contributed by atoms with Crippen molar-refractivity contribution in [3.05, 3.63) is 11.6 Å². The number of aliphatic hydroxyl groups excluding tert-OH is 4. The Morgan fingerprint density at radius 2 is 1.71 bits per heavy atom. The third-order valence-corrected chi connectivity index (χ3v) is 9.73. The minimum Gasteiger partial charge on any atom is -0.393 e. The second-order valence-corrected chi connectivity index (χ2v) is 11.3. The molecular weight excluding hydrogens is 400 g/mol. The van der Waals surface area contributed by atoms with E-state index in [4.69, 9.17) is 0 Å². The van der Waals surface area contributed by atoms with Crippen LogP contribution < -0.4 is 0 Å². The van der Waals surface area contributed by atoms with Gasteiger partial charge < -0.3 is 30.6 Å². The average molecular weight is 439 g/mol. The summed E-state index contributed by atoms with van der Waals surface area (Å²) in [7, 11) is 0. The number of hydrogen-bond donors (Lipinski definition) is 6. The maximum absolute atomic E-state index is 13.1. The highest BCUT2D eigenvalue weighted by atomic mass is 16.4. The molecular formula is C24H38O7. The maximum atomic E-state index is 13.1. The Kier molecular flexibility index (Phi) is 5.52. The van der Waals surface area contributed by atoms with Crippen molar-refractivity contribution in [3.8, 4) is 0 Å². The lowest BCUT2D eigenvalue weighted by Gasteiger charge is -2.61. The quantitative estimate of drug-likeness (QED) is 0.382. The number of rotatable bonds is 4. The van der Waals surface area contributed by atoms with Gasteiger partial charge in [0.2, 0.25) is 0 Å². The van der Waals surface area contributed by atoms with E-state index in [1.807, 2.05) is 6.92 Å². The number of aliphatic hydroxyl groups is 6. The van der Waals surface area contributed by atoms with Gasteiger partial charge in [-0.3, -0.25) is 4.79 Å². The third-order valence-electron chi connectivity index (χ3n) is 9.73. The molecule has 7 nitrogen and oxygen atoms in total. The van der Waals surface area contributed by atoms with Gasteiger partial charge in [0.25, 0.3) is 0 Å². The van der Waals surface area contributed by atoms with E-state index < -0.39 is 52.4 Å². The largest absolute Gasteiger partial charge is 0.393 e. The fourth-order valence-corrected chi connectivity index (χ4v) is 7.60. The molecule has 0 aromatic heterocycles. The van der Waals surface area contributed by atoms with E-state index >= 15 is 0 Å². The van der Waals surface area contributed by atoms with Crippen LogP contribution in [0.25, 0.3) is 0 Å². The van der Waals surface area contributed by atoms with Crippen LogP contribution in [-0.4, -0.2) is 72.0 Å². The van der Waals surface area contributed by atoms with E-state index in [-0.39, 0.29) is 37.4 Å². The lowest BCUT2D eigenvalue weighted by molar-refractivity contribution is -0.202. The van der Waals surface area contributed by atoms with Gasteiger partial charge in [0.15, 0.2) is 5.78 Å². The molecule has 176 valence electrons. The van der Waals surface area contributed by atoms with Crippen LogP contribution in [0.5, 0.6) is 0 Å². The number of fused-ring (bicyclic) bond motifs is 5. The molecule has 0 bridgehead atoms. The molecule has 7 heteroatoms. The van der Waals surface area contributed by atoms with Crippen molar-refractivity contribution >= 4 is 5.78 Å². The molecule has 0 amide bonds. The van der Waals surface area contributed by atoms with Gasteiger partial charge in [-0.05, 0) is 81.3 Å². The Balaban J connectivity index is 1.72.